The van der Waals surface area contributed by atoms with E-state index in [0.717, 1.165) is 10.2 Å². The Bertz CT molecular complexity index is 366. The maximum Gasteiger partial charge on any atom is 0.133 e. The lowest BCUT2D eigenvalue weighted by molar-refractivity contribution is 0.410. The van der Waals surface area contributed by atoms with Gasteiger partial charge in [-0.25, -0.2) is 0 Å². The maximum atomic E-state index is 6.30. The molecule has 0 radical (unpaired) electrons. The Hall–Kier alpha value is -0.250. The minimum absolute atomic E-state index is 0. The summed E-state index contributed by atoms with van der Waals surface area (Å²) in [5.74, 6) is 1.52. The summed E-state index contributed by atoms with van der Waals surface area (Å²) in [5, 5.41) is 0. The first kappa shape index (κ1) is 14.8. The van der Waals surface area contributed by atoms with Gasteiger partial charge in [0.05, 0.1) is 11.6 Å². The Labute approximate surface area is 117 Å². The predicted molar refractivity (Wildman–Crippen MR) is 76.8 cm³/mol. The van der Waals surface area contributed by atoms with Crippen molar-refractivity contribution < 1.29 is 4.74 Å². The van der Waals surface area contributed by atoms with Gasteiger partial charge in [-0.1, -0.05) is 18.9 Å². The minimum atomic E-state index is 0. The van der Waals surface area contributed by atoms with Crippen LogP contribution in [0.25, 0.3) is 0 Å². The van der Waals surface area contributed by atoms with Crippen molar-refractivity contribution in [1.29, 1.82) is 0 Å². The molecule has 0 bridgehead atoms. The van der Waals surface area contributed by atoms with Crippen molar-refractivity contribution in [3.8, 4) is 5.75 Å². The van der Waals surface area contributed by atoms with E-state index in [2.05, 4.69) is 28.1 Å². The summed E-state index contributed by atoms with van der Waals surface area (Å²) >= 11 is 3.50. The van der Waals surface area contributed by atoms with Crippen LogP contribution in [0.3, 0.4) is 0 Å². The van der Waals surface area contributed by atoms with Crippen LogP contribution in [-0.4, -0.2) is 7.11 Å². The molecule has 2 rings (SSSR count). The van der Waals surface area contributed by atoms with Gasteiger partial charge in [0.1, 0.15) is 5.75 Å². The van der Waals surface area contributed by atoms with Gasteiger partial charge in [0.2, 0.25) is 0 Å². The molecule has 2 N–H and O–H groups in total. The first-order chi connectivity index (χ1) is 7.72. The number of hydrogen-bond acceptors (Lipinski definition) is 2. The van der Waals surface area contributed by atoms with Crippen LogP contribution in [0.2, 0.25) is 0 Å². The molecule has 1 aliphatic rings. The van der Waals surface area contributed by atoms with Gasteiger partial charge in [-0.3, -0.25) is 0 Å². The molecule has 0 amide bonds. The van der Waals surface area contributed by atoms with Crippen molar-refractivity contribution in [2.24, 2.45) is 11.7 Å². The van der Waals surface area contributed by atoms with Crippen molar-refractivity contribution in [3.63, 3.8) is 0 Å². The second kappa shape index (κ2) is 6.62. The number of hydrogen-bond donors (Lipinski definition) is 1. The molecule has 1 saturated carbocycles. The number of methoxy groups -OCH3 is 1. The molecule has 0 spiro atoms. The van der Waals surface area contributed by atoms with Crippen LogP contribution in [-0.2, 0) is 0 Å². The Kier molecular flexibility index (Phi) is 5.77. The molecule has 1 aromatic carbocycles. The molecule has 4 heteroatoms. The summed E-state index contributed by atoms with van der Waals surface area (Å²) in [6, 6.07) is 6.31. The topological polar surface area (TPSA) is 35.2 Å². The summed E-state index contributed by atoms with van der Waals surface area (Å²) in [7, 11) is 1.68. The molecule has 17 heavy (non-hydrogen) atoms. The van der Waals surface area contributed by atoms with Crippen LogP contribution in [0.1, 0.15) is 37.3 Å². The second-order valence-corrected chi connectivity index (χ2v) is 5.32. The summed E-state index contributed by atoms with van der Waals surface area (Å²) in [6.07, 6.45) is 5.20. The van der Waals surface area contributed by atoms with E-state index in [0.29, 0.717) is 5.92 Å². The predicted octanol–water partition coefficient (Wildman–Crippen LogP) is 4.07. The number of halogens is 2. The van der Waals surface area contributed by atoms with Gasteiger partial charge in [-0.2, -0.15) is 0 Å². The molecule has 2 nitrogen and oxygen atoms in total. The van der Waals surface area contributed by atoms with E-state index in [1.54, 1.807) is 7.11 Å². The van der Waals surface area contributed by atoms with Gasteiger partial charge in [0.25, 0.3) is 0 Å². The molecule has 1 atom stereocenters. The molecule has 1 aromatic rings. The van der Waals surface area contributed by atoms with E-state index >= 15 is 0 Å². The summed E-state index contributed by atoms with van der Waals surface area (Å²) in [5.41, 5.74) is 7.51. The maximum absolute atomic E-state index is 6.30. The molecule has 0 aliphatic heterocycles. The zero-order valence-electron chi connectivity index (χ0n) is 9.99. The minimum Gasteiger partial charge on any atom is -0.496 e. The Morgan fingerprint density at radius 2 is 2.00 bits per heavy atom. The third-order valence-corrected chi connectivity index (χ3v) is 4.09. The first-order valence-electron chi connectivity index (χ1n) is 5.81. The third-order valence-electron chi connectivity index (χ3n) is 3.47. The number of rotatable bonds is 3. The Morgan fingerprint density at radius 1 is 1.35 bits per heavy atom. The van der Waals surface area contributed by atoms with Crippen molar-refractivity contribution in [2.45, 2.75) is 31.7 Å². The normalized spacial score (nSPS) is 17.6. The van der Waals surface area contributed by atoms with Gasteiger partial charge in [-0.05, 0) is 52.4 Å². The highest BCUT2D eigenvalue weighted by molar-refractivity contribution is 9.10. The van der Waals surface area contributed by atoms with Crippen molar-refractivity contribution >= 4 is 28.3 Å². The number of nitrogens with two attached hydrogens (primary N) is 1. The highest BCUT2D eigenvalue weighted by atomic mass is 79.9. The largest absolute Gasteiger partial charge is 0.496 e. The average molecular weight is 321 g/mol. The smallest absolute Gasteiger partial charge is 0.133 e. The molecule has 1 aliphatic carbocycles. The van der Waals surface area contributed by atoms with E-state index in [9.17, 15) is 0 Å². The fraction of sp³-hybridized carbons (Fsp3) is 0.538. The SMILES string of the molecule is COc1ccc([C@H](N)C2CCCC2)cc1Br.Cl. The van der Waals surface area contributed by atoms with Crippen molar-refractivity contribution in [1.82, 2.24) is 0 Å². The molecular weight excluding hydrogens is 302 g/mol. The monoisotopic (exact) mass is 319 g/mol. The second-order valence-electron chi connectivity index (χ2n) is 4.46. The van der Waals surface area contributed by atoms with Gasteiger partial charge in [0.15, 0.2) is 0 Å². The van der Waals surface area contributed by atoms with E-state index in [4.69, 9.17) is 10.5 Å². The third kappa shape index (κ3) is 3.36. The van der Waals surface area contributed by atoms with Crippen molar-refractivity contribution in [2.75, 3.05) is 7.11 Å². The van der Waals surface area contributed by atoms with E-state index in [1.807, 2.05) is 6.07 Å². The fourth-order valence-corrected chi connectivity index (χ4v) is 3.04. The van der Waals surface area contributed by atoms with Crippen LogP contribution in [0, 0.1) is 5.92 Å². The zero-order chi connectivity index (χ0) is 11.5. The molecule has 0 unspecified atom stereocenters. The number of benzene rings is 1. The van der Waals surface area contributed by atoms with Crippen LogP contribution in [0.4, 0.5) is 0 Å². The lowest BCUT2D eigenvalue weighted by Gasteiger charge is -2.19. The van der Waals surface area contributed by atoms with Crippen LogP contribution in [0.15, 0.2) is 22.7 Å². The van der Waals surface area contributed by atoms with Crippen molar-refractivity contribution in [3.05, 3.63) is 28.2 Å². The van der Waals surface area contributed by atoms with E-state index in [-0.39, 0.29) is 18.4 Å². The van der Waals surface area contributed by atoms with Crippen LogP contribution >= 0.6 is 28.3 Å². The van der Waals surface area contributed by atoms with E-state index < -0.39 is 0 Å². The molecule has 96 valence electrons. The summed E-state index contributed by atoms with van der Waals surface area (Å²) < 4.78 is 6.20. The molecular formula is C13H19BrClNO. The molecule has 0 saturated heterocycles. The lowest BCUT2D eigenvalue weighted by Crippen LogP contribution is -2.19. The molecule has 0 heterocycles. The first-order valence-corrected chi connectivity index (χ1v) is 6.60. The molecule has 1 fully saturated rings. The summed E-state index contributed by atoms with van der Waals surface area (Å²) in [6.45, 7) is 0. The summed E-state index contributed by atoms with van der Waals surface area (Å²) in [4.78, 5) is 0. The Morgan fingerprint density at radius 3 is 2.53 bits per heavy atom. The van der Waals surface area contributed by atoms with Crippen LogP contribution in [0.5, 0.6) is 5.75 Å². The van der Waals surface area contributed by atoms with Gasteiger partial charge < -0.3 is 10.5 Å². The van der Waals surface area contributed by atoms with E-state index in [1.165, 1.54) is 31.2 Å². The van der Waals surface area contributed by atoms with Gasteiger partial charge >= 0.3 is 0 Å². The highest BCUT2D eigenvalue weighted by Gasteiger charge is 2.23. The van der Waals surface area contributed by atoms with Gasteiger partial charge in [-0.15, -0.1) is 12.4 Å². The Balaban J connectivity index is 0.00000144. The number of ether oxygens (including phenoxy) is 1. The quantitative estimate of drug-likeness (QED) is 0.911. The standard InChI is InChI=1S/C13H18BrNO.ClH/c1-16-12-7-6-10(8-11(12)14)13(15)9-4-2-3-5-9;/h6-9,13H,2-5,15H2,1H3;1H/t13-;/m1./s1. The highest BCUT2D eigenvalue weighted by Crippen LogP contribution is 2.36. The lowest BCUT2D eigenvalue weighted by atomic mass is 9.92. The fourth-order valence-electron chi connectivity index (χ4n) is 2.48. The van der Waals surface area contributed by atoms with Crippen LogP contribution < -0.4 is 10.5 Å². The zero-order valence-corrected chi connectivity index (χ0v) is 12.4. The molecule has 0 aromatic heterocycles. The van der Waals surface area contributed by atoms with Gasteiger partial charge in [0, 0.05) is 6.04 Å². The average Bonchev–Trinajstić information content (AvgIpc) is 2.81.